The molecule has 0 aliphatic carbocycles. The summed E-state index contributed by atoms with van der Waals surface area (Å²) in [6.45, 7) is 9.02. The number of piperidine rings is 1. The van der Waals surface area contributed by atoms with Gasteiger partial charge in [-0.15, -0.1) is 0 Å². The molecule has 0 bridgehead atoms. The van der Waals surface area contributed by atoms with Crippen LogP contribution in [0.25, 0.3) is 0 Å². The smallest absolute Gasteiger partial charge is 0.255 e. The summed E-state index contributed by atoms with van der Waals surface area (Å²) in [6.07, 6.45) is 4.19. The van der Waals surface area contributed by atoms with Crippen molar-refractivity contribution in [3.63, 3.8) is 0 Å². The van der Waals surface area contributed by atoms with Crippen molar-refractivity contribution in [2.75, 3.05) is 37.6 Å². The molecule has 120 valence electrons. The van der Waals surface area contributed by atoms with Crippen molar-refractivity contribution in [3.8, 4) is 0 Å². The number of anilines is 1. The molecule has 0 saturated carbocycles. The quantitative estimate of drug-likeness (QED) is 0.904. The molecule has 0 unspecified atom stereocenters. The topological polar surface area (TPSA) is 48.5 Å². The summed E-state index contributed by atoms with van der Waals surface area (Å²) in [6, 6.07) is 4.16. The fraction of sp³-hybridized carbons (Fsp3) is 0.647. The normalized spacial score (nSPS) is 23.6. The molecule has 1 atom stereocenters. The van der Waals surface area contributed by atoms with Gasteiger partial charge >= 0.3 is 0 Å². The van der Waals surface area contributed by atoms with E-state index in [2.05, 4.69) is 29.0 Å². The number of pyridine rings is 1. The lowest BCUT2D eigenvalue weighted by Crippen LogP contribution is -2.52. The molecule has 0 aromatic carbocycles. The molecule has 3 heterocycles. The molecule has 2 fully saturated rings. The van der Waals surface area contributed by atoms with Gasteiger partial charge in [0.1, 0.15) is 5.82 Å². The Bertz CT molecular complexity index is 508. The highest BCUT2D eigenvalue weighted by Crippen LogP contribution is 2.21. The first-order valence-electron chi connectivity index (χ1n) is 8.38. The van der Waals surface area contributed by atoms with Crippen LogP contribution in [0.4, 0.5) is 5.82 Å². The number of carbonyl (C=O) groups excluding carboxylic acids is 1. The minimum absolute atomic E-state index is 0.0975. The van der Waals surface area contributed by atoms with Gasteiger partial charge in [-0.2, -0.15) is 0 Å². The maximum absolute atomic E-state index is 12.6. The van der Waals surface area contributed by atoms with E-state index in [9.17, 15) is 4.79 Å². The van der Waals surface area contributed by atoms with Crippen molar-refractivity contribution in [1.82, 2.24) is 15.2 Å². The van der Waals surface area contributed by atoms with Gasteiger partial charge in [-0.05, 0) is 37.8 Å². The Morgan fingerprint density at radius 3 is 2.64 bits per heavy atom. The molecule has 22 heavy (non-hydrogen) atoms. The van der Waals surface area contributed by atoms with Crippen LogP contribution in [0, 0.1) is 5.92 Å². The Kier molecular flexibility index (Phi) is 4.62. The van der Waals surface area contributed by atoms with Gasteiger partial charge in [-0.25, -0.2) is 4.98 Å². The van der Waals surface area contributed by atoms with E-state index in [-0.39, 0.29) is 11.9 Å². The monoisotopic (exact) mass is 302 g/mol. The summed E-state index contributed by atoms with van der Waals surface area (Å²) in [5, 5.41) is 3.31. The Balaban J connectivity index is 1.67. The first-order chi connectivity index (χ1) is 10.6. The maximum atomic E-state index is 12.6. The van der Waals surface area contributed by atoms with Crippen molar-refractivity contribution < 1.29 is 4.79 Å². The second-order valence-electron chi connectivity index (χ2n) is 6.63. The van der Waals surface area contributed by atoms with Gasteiger partial charge in [0, 0.05) is 45.0 Å². The zero-order valence-corrected chi connectivity index (χ0v) is 13.6. The van der Waals surface area contributed by atoms with Crippen LogP contribution in [-0.2, 0) is 0 Å². The fourth-order valence-electron chi connectivity index (χ4n) is 3.25. The number of nitrogens with zero attached hydrogens (tertiary/aromatic N) is 3. The summed E-state index contributed by atoms with van der Waals surface area (Å²) in [5.74, 6) is 1.91. The van der Waals surface area contributed by atoms with Crippen molar-refractivity contribution in [2.45, 2.75) is 32.7 Å². The van der Waals surface area contributed by atoms with E-state index in [0.29, 0.717) is 5.56 Å². The van der Waals surface area contributed by atoms with Crippen LogP contribution in [0.1, 0.15) is 37.0 Å². The average molecular weight is 302 g/mol. The summed E-state index contributed by atoms with van der Waals surface area (Å²) in [5.41, 5.74) is 0.697. The summed E-state index contributed by atoms with van der Waals surface area (Å²) < 4.78 is 0. The van der Waals surface area contributed by atoms with Crippen LogP contribution in [0.15, 0.2) is 18.3 Å². The number of aromatic nitrogens is 1. The molecule has 3 rings (SSSR count). The Morgan fingerprint density at radius 1 is 1.23 bits per heavy atom. The van der Waals surface area contributed by atoms with E-state index in [4.69, 9.17) is 0 Å². The van der Waals surface area contributed by atoms with Crippen LogP contribution in [0.3, 0.4) is 0 Å². The number of piperazine rings is 1. The molecule has 5 nitrogen and oxygen atoms in total. The van der Waals surface area contributed by atoms with Gasteiger partial charge in [-0.1, -0.05) is 6.92 Å². The van der Waals surface area contributed by atoms with Gasteiger partial charge in [0.25, 0.3) is 5.91 Å². The maximum Gasteiger partial charge on any atom is 0.255 e. The lowest BCUT2D eigenvalue weighted by atomic mass is 9.99. The predicted octanol–water partition coefficient (Wildman–Crippen LogP) is 1.75. The zero-order chi connectivity index (χ0) is 15.5. The van der Waals surface area contributed by atoms with Crippen molar-refractivity contribution in [2.24, 2.45) is 5.92 Å². The molecule has 5 heteroatoms. The minimum Gasteiger partial charge on any atom is -0.357 e. The highest BCUT2D eigenvalue weighted by molar-refractivity contribution is 5.94. The molecule has 1 amide bonds. The molecule has 0 radical (unpaired) electrons. The number of hydrogen-bond acceptors (Lipinski definition) is 4. The summed E-state index contributed by atoms with van der Waals surface area (Å²) in [4.78, 5) is 21.4. The Labute approximate surface area is 132 Å². The van der Waals surface area contributed by atoms with Gasteiger partial charge in [0.05, 0.1) is 5.56 Å². The second-order valence-corrected chi connectivity index (χ2v) is 6.63. The van der Waals surface area contributed by atoms with Gasteiger partial charge < -0.3 is 15.1 Å². The minimum atomic E-state index is 0.0975. The number of rotatable bonds is 2. The van der Waals surface area contributed by atoms with Crippen LogP contribution >= 0.6 is 0 Å². The number of amides is 1. The summed E-state index contributed by atoms with van der Waals surface area (Å²) in [7, 11) is 0. The Hall–Kier alpha value is -1.62. The molecular weight excluding hydrogens is 276 g/mol. The lowest BCUT2D eigenvalue weighted by molar-refractivity contribution is 0.0655. The van der Waals surface area contributed by atoms with Gasteiger partial charge in [0.15, 0.2) is 0 Å². The molecule has 1 N–H and O–H groups in total. The van der Waals surface area contributed by atoms with E-state index >= 15 is 0 Å². The SMILES string of the molecule is CC1CCN(c2ccc(C(=O)N3CCNC[C@@H]3C)cn2)CC1. The van der Waals surface area contributed by atoms with Crippen LogP contribution in [0.5, 0.6) is 0 Å². The molecular formula is C17H26N4O. The summed E-state index contributed by atoms with van der Waals surface area (Å²) >= 11 is 0. The van der Waals surface area contributed by atoms with E-state index in [1.165, 1.54) is 12.8 Å². The predicted molar refractivity (Wildman–Crippen MR) is 88.2 cm³/mol. The highest BCUT2D eigenvalue weighted by Gasteiger charge is 2.24. The van der Waals surface area contributed by atoms with Crippen molar-refractivity contribution in [1.29, 1.82) is 0 Å². The molecule has 0 spiro atoms. The number of nitrogens with one attached hydrogen (secondary N) is 1. The molecule has 2 aliphatic rings. The molecule has 2 saturated heterocycles. The third-order valence-corrected chi connectivity index (χ3v) is 4.86. The van der Waals surface area contributed by atoms with E-state index in [0.717, 1.165) is 44.5 Å². The lowest BCUT2D eigenvalue weighted by Gasteiger charge is -2.34. The Morgan fingerprint density at radius 2 is 2.00 bits per heavy atom. The molecule has 1 aromatic rings. The second kappa shape index (κ2) is 6.65. The first-order valence-corrected chi connectivity index (χ1v) is 8.38. The molecule has 2 aliphatic heterocycles. The largest absolute Gasteiger partial charge is 0.357 e. The van der Waals surface area contributed by atoms with Crippen LogP contribution in [-0.4, -0.2) is 54.6 Å². The van der Waals surface area contributed by atoms with Gasteiger partial charge in [-0.3, -0.25) is 4.79 Å². The molecule has 1 aromatic heterocycles. The fourth-order valence-corrected chi connectivity index (χ4v) is 3.25. The first kappa shape index (κ1) is 15.3. The van der Waals surface area contributed by atoms with Crippen LogP contribution in [0.2, 0.25) is 0 Å². The van der Waals surface area contributed by atoms with E-state index in [1.54, 1.807) is 6.20 Å². The van der Waals surface area contributed by atoms with Gasteiger partial charge in [0.2, 0.25) is 0 Å². The van der Waals surface area contributed by atoms with Crippen molar-refractivity contribution in [3.05, 3.63) is 23.9 Å². The average Bonchev–Trinajstić information content (AvgIpc) is 2.56. The highest BCUT2D eigenvalue weighted by atomic mass is 16.2. The number of hydrogen-bond donors (Lipinski definition) is 1. The van der Waals surface area contributed by atoms with E-state index in [1.807, 2.05) is 17.0 Å². The van der Waals surface area contributed by atoms with Crippen molar-refractivity contribution >= 4 is 11.7 Å². The number of carbonyl (C=O) groups is 1. The van der Waals surface area contributed by atoms with E-state index < -0.39 is 0 Å². The zero-order valence-electron chi connectivity index (χ0n) is 13.6. The third-order valence-electron chi connectivity index (χ3n) is 4.86. The van der Waals surface area contributed by atoms with Crippen LogP contribution < -0.4 is 10.2 Å². The standard InChI is InChI=1S/C17H26N4O/c1-13-5-8-20(9-6-13)16-4-3-15(12-19-16)17(22)21-10-7-18-11-14(21)2/h3-4,12-14,18H,5-11H2,1-2H3/t14-/m0/s1. The third kappa shape index (κ3) is 3.24.